The van der Waals surface area contributed by atoms with Gasteiger partial charge in [0, 0.05) is 39.4 Å². The van der Waals surface area contributed by atoms with Gasteiger partial charge in [-0.3, -0.25) is 0 Å². The van der Waals surface area contributed by atoms with E-state index in [9.17, 15) is 18.4 Å². The second-order valence-electron chi connectivity index (χ2n) is 6.55. The maximum Gasteiger partial charge on any atom is 0.416 e. The highest BCUT2D eigenvalue weighted by Gasteiger charge is 2.32. The van der Waals surface area contributed by atoms with E-state index >= 15 is 0 Å². The van der Waals surface area contributed by atoms with Gasteiger partial charge in [-0.2, -0.15) is 23.4 Å². The minimum Gasteiger partial charge on any atom is -0.368 e. The smallest absolute Gasteiger partial charge is 0.368 e. The van der Waals surface area contributed by atoms with Gasteiger partial charge in [-0.25, -0.2) is 4.98 Å². The van der Waals surface area contributed by atoms with Crippen molar-refractivity contribution in [2.24, 2.45) is 0 Å². The number of hydrogen-bond acceptors (Lipinski definition) is 6. The Hall–Kier alpha value is -3.02. The summed E-state index contributed by atoms with van der Waals surface area (Å²) in [4.78, 5) is 12.3. The molecule has 27 heavy (non-hydrogen) atoms. The van der Waals surface area contributed by atoms with E-state index in [4.69, 9.17) is 0 Å². The highest BCUT2D eigenvalue weighted by atomic mass is 19.4. The molecular weight excluding hydrogens is 357 g/mol. The van der Waals surface area contributed by atoms with Crippen molar-refractivity contribution in [1.82, 2.24) is 9.97 Å². The van der Waals surface area contributed by atoms with Gasteiger partial charge >= 0.3 is 6.18 Å². The molecule has 3 rings (SSSR count). The topological polar surface area (TPSA) is 68.1 Å². The van der Waals surface area contributed by atoms with Gasteiger partial charge in [-0.1, -0.05) is 0 Å². The van der Waals surface area contributed by atoms with E-state index in [1.807, 2.05) is 25.1 Å². The van der Waals surface area contributed by atoms with Crippen LogP contribution >= 0.6 is 0 Å². The molecule has 1 aromatic carbocycles. The van der Waals surface area contributed by atoms with Gasteiger partial charge in [0.1, 0.15) is 11.9 Å². The Morgan fingerprint density at radius 3 is 2.74 bits per heavy atom. The Kier molecular flexibility index (Phi) is 5.08. The van der Waals surface area contributed by atoms with Crippen LogP contribution in [0.4, 0.5) is 30.6 Å². The molecule has 0 radical (unpaired) electrons. The summed E-state index contributed by atoms with van der Waals surface area (Å²) in [7, 11) is 3.70. The Morgan fingerprint density at radius 2 is 2.07 bits per heavy atom. The van der Waals surface area contributed by atoms with Crippen LogP contribution < -0.4 is 15.1 Å². The average Bonchev–Trinajstić information content (AvgIpc) is 3.08. The van der Waals surface area contributed by atoms with Crippen molar-refractivity contribution in [2.75, 3.05) is 42.3 Å². The van der Waals surface area contributed by atoms with Crippen molar-refractivity contribution in [3.63, 3.8) is 0 Å². The molecule has 0 spiro atoms. The number of anilines is 3. The normalized spacial score (nSPS) is 16.9. The monoisotopic (exact) mass is 376 g/mol. The number of halogens is 3. The second kappa shape index (κ2) is 7.31. The number of nitrogens with zero attached hydrogens (tertiary/aromatic N) is 5. The molecule has 0 saturated carbocycles. The summed E-state index contributed by atoms with van der Waals surface area (Å²) in [5.41, 5.74) is -0.261. The van der Waals surface area contributed by atoms with E-state index < -0.39 is 11.7 Å². The minimum atomic E-state index is -4.46. The highest BCUT2D eigenvalue weighted by Crippen LogP contribution is 2.33. The largest absolute Gasteiger partial charge is 0.416 e. The molecule has 1 aliphatic rings. The molecular formula is C18H19F3N6. The summed E-state index contributed by atoms with van der Waals surface area (Å²) in [5, 5.41) is 12.6. The first-order chi connectivity index (χ1) is 12.8. The van der Waals surface area contributed by atoms with Gasteiger partial charge in [-0.05, 0) is 30.7 Å². The summed E-state index contributed by atoms with van der Waals surface area (Å²) in [6.45, 7) is 1.21. The van der Waals surface area contributed by atoms with Crippen LogP contribution in [0.25, 0.3) is 0 Å². The van der Waals surface area contributed by atoms with Crippen LogP contribution in [0.1, 0.15) is 17.5 Å². The quantitative estimate of drug-likeness (QED) is 0.884. The van der Waals surface area contributed by atoms with E-state index in [2.05, 4.69) is 15.3 Å². The first kappa shape index (κ1) is 18.8. The number of benzene rings is 1. The molecule has 2 heterocycles. The molecule has 1 N–H and O–H groups in total. The minimum absolute atomic E-state index is 0.0300. The molecule has 1 aromatic heterocycles. The summed E-state index contributed by atoms with van der Waals surface area (Å²) in [6.07, 6.45) is -2.01. The number of nitriles is 1. The fourth-order valence-electron chi connectivity index (χ4n) is 3.03. The molecule has 1 aliphatic heterocycles. The molecule has 6 nitrogen and oxygen atoms in total. The van der Waals surface area contributed by atoms with Gasteiger partial charge in [0.15, 0.2) is 0 Å². The number of nitrogens with one attached hydrogen (secondary N) is 1. The summed E-state index contributed by atoms with van der Waals surface area (Å²) in [5.74, 6) is 1.28. The lowest BCUT2D eigenvalue weighted by Crippen LogP contribution is -2.27. The predicted octanol–water partition coefficient (Wildman–Crippen LogP) is 3.12. The van der Waals surface area contributed by atoms with E-state index in [-0.39, 0.29) is 11.6 Å². The number of aromatic nitrogens is 2. The summed E-state index contributed by atoms with van der Waals surface area (Å²) < 4.78 is 38.6. The third-order valence-electron chi connectivity index (χ3n) is 4.37. The van der Waals surface area contributed by atoms with Crippen molar-refractivity contribution >= 4 is 17.5 Å². The maximum absolute atomic E-state index is 12.9. The van der Waals surface area contributed by atoms with Crippen molar-refractivity contribution in [3.8, 4) is 6.07 Å². The third kappa shape index (κ3) is 4.22. The molecule has 0 bridgehead atoms. The maximum atomic E-state index is 12.9. The molecule has 0 amide bonds. The highest BCUT2D eigenvalue weighted by molar-refractivity contribution is 5.62. The summed E-state index contributed by atoms with van der Waals surface area (Å²) >= 11 is 0. The number of alkyl halides is 3. The first-order valence-electron chi connectivity index (χ1n) is 8.41. The van der Waals surface area contributed by atoms with Gasteiger partial charge in [0.25, 0.3) is 0 Å². The average molecular weight is 376 g/mol. The van der Waals surface area contributed by atoms with E-state index in [0.29, 0.717) is 30.5 Å². The van der Waals surface area contributed by atoms with Crippen LogP contribution in [0.3, 0.4) is 0 Å². The lowest BCUT2D eigenvalue weighted by Gasteiger charge is -2.21. The predicted molar refractivity (Wildman–Crippen MR) is 96.8 cm³/mol. The lowest BCUT2D eigenvalue weighted by molar-refractivity contribution is -0.137. The molecule has 1 fully saturated rings. The zero-order chi connectivity index (χ0) is 19.6. The summed E-state index contributed by atoms with van der Waals surface area (Å²) in [6, 6.07) is 7.03. The first-order valence-corrected chi connectivity index (χ1v) is 8.41. The van der Waals surface area contributed by atoms with Gasteiger partial charge in [0.05, 0.1) is 16.8 Å². The van der Waals surface area contributed by atoms with Crippen molar-refractivity contribution < 1.29 is 13.2 Å². The van der Waals surface area contributed by atoms with Crippen molar-refractivity contribution in [2.45, 2.75) is 18.6 Å². The molecule has 0 aliphatic carbocycles. The zero-order valence-corrected chi connectivity index (χ0v) is 15.0. The van der Waals surface area contributed by atoms with Crippen LogP contribution in [0, 0.1) is 11.3 Å². The van der Waals surface area contributed by atoms with E-state index in [1.54, 1.807) is 17.2 Å². The van der Waals surface area contributed by atoms with Gasteiger partial charge in [0.2, 0.25) is 5.95 Å². The standard InChI is InChI=1S/C18H19F3N6/c1-26(2)17-23-7-5-16(25-17)24-14-6-8-27(11-14)15-4-3-13(18(19,20)21)9-12(15)10-22/h3-5,7,9,14H,6,8,11H2,1-2H3,(H,23,24,25). The van der Waals surface area contributed by atoms with Crippen LogP contribution in [0.5, 0.6) is 0 Å². The van der Waals surface area contributed by atoms with Crippen LogP contribution in [0.2, 0.25) is 0 Å². The van der Waals surface area contributed by atoms with Crippen LogP contribution in [0.15, 0.2) is 30.5 Å². The molecule has 1 saturated heterocycles. The number of hydrogen-bond donors (Lipinski definition) is 1. The molecule has 1 atom stereocenters. The lowest BCUT2D eigenvalue weighted by atomic mass is 10.1. The number of rotatable bonds is 4. The molecule has 142 valence electrons. The van der Waals surface area contributed by atoms with Crippen molar-refractivity contribution in [3.05, 3.63) is 41.6 Å². The Morgan fingerprint density at radius 1 is 1.30 bits per heavy atom. The fraction of sp³-hybridized carbons (Fsp3) is 0.389. The van der Waals surface area contributed by atoms with Crippen molar-refractivity contribution in [1.29, 1.82) is 5.26 Å². The fourth-order valence-corrected chi connectivity index (χ4v) is 3.03. The zero-order valence-electron chi connectivity index (χ0n) is 15.0. The van der Waals surface area contributed by atoms with E-state index in [1.165, 1.54) is 6.07 Å². The Balaban J connectivity index is 1.73. The Labute approximate surface area is 155 Å². The molecule has 2 aromatic rings. The van der Waals surface area contributed by atoms with E-state index in [0.717, 1.165) is 18.6 Å². The molecule has 1 unspecified atom stereocenters. The Bertz CT molecular complexity index is 859. The second-order valence-corrected chi connectivity index (χ2v) is 6.55. The van der Waals surface area contributed by atoms with Crippen LogP contribution in [-0.2, 0) is 6.18 Å². The van der Waals surface area contributed by atoms with Crippen LogP contribution in [-0.4, -0.2) is 43.2 Å². The molecule has 9 heteroatoms. The SMILES string of the molecule is CN(C)c1nccc(NC2CCN(c3ccc(C(F)(F)F)cc3C#N)C2)n1. The third-order valence-corrected chi connectivity index (χ3v) is 4.37. The van der Waals surface area contributed by atoms with Gasteiger partial charge in [-0.15, -0.1) is 0 Å². The van der Waals surface area contributed by atoms with Gasteiger partial charge < -0.3 is 15.1 Å².